The van der Waals surface area contributed by atoms with Crippen molar-refractivity contribution < 1.29 is 19.4 Å². The van der Waals surface area contributed by atoms with Gasteiger partial charge in [-0.15, -0.1) is 11.3 Å². The van der Waals surface area contributed by atoms with Crippen molar-refractivity contribution in [3.63, 3.8) is 0 Å². The Morgan fingerprint density at radius 3 is 3.14 bits per heavy atom. The zero-order valence-corrected chi connectivity index (χ0v) is 12.4. The van der Waals surface area contributed by atoms with Gasteiger partial charge in [0, 0.05) is 18.7 Å². The Morgan fingerprint density at radius 2 is 2.43 bits per heavy atom. The summed E-state index contributed by atoms with van der Waals surface area (Å²) in [5, 5.41) is 13.2. The number of amides is 2. The van der Waals surface area contributed by atoms with E-state index in [1.807, 2.05) is 0 Å². The quantitative estimate of drug-likeness (QED) is 0.787. The number of alkyl carbamates (subject to hydrolysis) is 1. The number of aliphatic hydroxyl groups is 1. The molecule has 0 radical (unpaired) electrons. The van der Waals surface area contributed by atoms with Crippen molar-refractivity contribution in [2.45, 2.75) is 12.5 Å². The third-order valence-corrected chi connectivity index (χ3v) is 4.05. The van der Waals surface area contributed by atoms with E-state index in [1.165, 1.54) is 18.4 Å². The number of likely N-dealkylation sites (tertiary alicyclic amines) is 1. The highest BCUT2D eigenvalue weighted by Crippen LogP contribution is 2.21. The standard InChI is InChI=1S/C14H16N2O4S/c1-20-14(19)15-11-4-6-16(9-11)13(18)12-10(3-2-7-17)5-8-21-12/h5,8,11,17H,4,6-7,9H2,1H3,(H,15,19). The Bertz CT molecular complexity index is 587. The molecule has 1 aliphatic heterocycles. The molecule has 0 bridgehead atoms. The molecule has 1 atom stereocenters. The van der Waals surface area contributed by atoms with E-state index in [4.69, 9.17) is 5.11 Å². The first-order valence-corrected chi connectivity index (χ1v) is 7.34. The molecule has 1 fully saturated rings. The van der Waals surface area contributed by atoms with Gasteiger partial charge in [0.1, 0.15) is 11.5 Å². The molecule has 2 N–H and O–H groups in total. The molecule has 6 nitrogen and oxygen atoms in total. The van der Waals surface area contributed by atoms with E-state index in [9.17, 15) is 9.59 Å². The molecule has 1 saturated heterocycles. The Hall–Kier alpha value is -2.04. The Kier molecular flexibility index (Phi) is 5.20. The van der Waals surface area contributed by atoms with Crippen LogP contribution >= 0.6 is 11.3 Å². The predicted octanol–water partition coefficient (Wildman–Crippen LogP) is 0.662. The molecule has 0 aliphatic carbocycles. The maximum atomic E-state index is 12.5. The molecule has 2 amide bonds. The molecule has 1 aliphatic rings. The maximum absolute atomic E-state index is 12.5. The molecular formula is C14H16N2O4S. The number of nitrogens with zero attached hydrogens (tertiary/aromatic N) is 1. The van der Waals surface area contributed by atoms with Gasteiger partial charge in [0.25, 0.3) is 5.91 Å². The number of rotatable bonds is 2. The van der Waals surface area contributed by atoms with Gasteiger partial charge >= 0.3 is 6.09 Å². The molecule has 1 aromatic heterocycles. The molecule has 21 heavy (non-hydrogen) atoms. The second-order valence-corrected chi connectivity index (χ2v) is 5.41. The highest BCUT2D eigenvalue weighted by atomic mass is 32.1. The molecule has 112 valence electrons. The second kappa shape index (κ2) is 7.11. The first kappa shape index (κ1) is 15.4. The second-order valence-electron chi connectivity index (χ2n) is 4.50. The average Bonchev–Trinajstić information content (AvgIpc) is 3.13. The van der Waals surface area contributed by atoms with Crippen LogP contribution in [0.5, 0.6) is 0 Å². The average molecular weight is 308 g/mol. The monoisotopic (exact) mass is 308 g/mol. The number of carbonyl (C=O) groups excluding carboxylic acids is 2. The lowest BCUT2D eigenvalue weighted by Crippen LogP contribution is -2.38. The zero-order valence-electron chi connectivity index (χ0n) is 11.6. The van der Waals surface area contributed by atoms with Crippen LogP contribution in [0.4, 0.5) is 4.79 Å². The van der Waals surface area contributed by atoms with Gasteiger partial charge in [0.05, 0.1) is 13.2 Å². The van der Waals surface area contributed by atoms with Gasteiger partial charge in [0.15, 0.2) is 0 Å². The Labute approximate surface area is 126 Å². The predicted molar refractivity (Wildman–Crippen MR) is 78.1 cm³/mol. The van der Waals surface area contributed by atoms with Crippen molar-refractivity contribution in [2.24, 2.45) is 0 Å². The lowest BCUT2D eigenvalue weighted by atomic mass is 10.2. The summed E-state index contributed by atoms with van der Waals surface area (Å²) < 4.78 is 4.55. The van der Waals surface area contributed by atoms with Crippen LogP contribution in [-0.4, -0.2) is 54.9 Å². The number of hydrogen-bond acceptors (Lipinski definition) is 5. The fourth-order valence-corrected chi connectivity index (χ4v) is 2.96. The number of aliphatic hydroxyl groups excluding tert-OH is 1. The Morgan fingerprint density at radius 1 is 1.62 bits per heavy atom. The molecule has 0 aromatic carbocycles. The first-order chi connectivity index (χ1) is 10.2. The molecule has 2 rings (SSSR count). The number of thiophene rings is 1. The summed E-state index contributed by atoms with van der Waals surface area (Å²) in [5.41, 5.74) is 0.628. The molecule has 2 heterocycles. The van der Waals surface area contributed by atoms with Gasteiger partial charge in [-0.2, -0.15) is 0 Å². The van der Waals surface area contributed by atoms with Crippen LogP contribution in [-0.2, 0) is 4.74 Å². The van der Waals surface area contributed by atoms with Crippen LogP contribution in [0.3, 0.4) is 0 Å². The smallest absolute Gasteiger partial charge is 0.407 e. The van der Waals surface area contributed by atoms with Crippen molar-refractivity contribution in [1.82, 2.24) is 10.2 Å². The van der Waals surface area contributed by atoms with E-state index in [0.717, 1.165) is 0 Å². The zero-order chi connectivity index (χ0) is 15.2. The SMILES string of the molecule is COC(=O)NC1CCN(C(=O)c2sccc2C#CCO)C1. The highest BCUT2D eigenvalue weighted by Gasteiger charge is 2.29. The Balaban J connectivity index is 2.02. The molecule has 0 saturated carbocycles. The van der Waals surface area contributed by atoms with Crippen molar-refractivity contribution in [2.75, 3.05) is 26.8 Å². The van der Waals surface area contributed by atoms with Crippen molar-refractivity contribution in [1.29, 1.82) is 0 Å². The summed E-state index contributed by atoms with van der Waals surface area (Å²) in [7, 11) is 1.31. The van der Waals surface area contributed by atoms with Crippen LogP contribution in [0, 0.1) is 11.8 Å². The molecular weight excluding hydrogens is 292 g/mol. The summed E-state index contributed by atoms with van der Waals surface area (Å²) in [6.45, 7) is 0.801. The topological polar surface area (TPSA) is 78.9 Å². The number of carbonyl (C=O) groups is 2. The molecule has 1 aromatic rings. The van der Waals surface area contributed by atoms with E-state index in [-0.39, 0.29) is 18.6 Å². The fraction of sp³-hybridized carbons (Fsp3) is 0.429. The van der Waals surface area contributed by atoms with Gasteiger partial charge in [0.2, 0.25) is 0 Å². The summed E-state index contributed by atoms with van der Waals surface area (Å²) in [6.07, 6.45) is 0.212. The van der Waals surface area contributed by atoms with E-state index in [1.54, 1.807) is 16.3 Å². The van der Waals surface area contributed by atoms with E-state index < -0.39 is 6.09 Å². The summed E-state index contributed by atoms with van der Waals surface area (Å²) in [5.74, 6) is 5.22. The number of nitrogens with one attached hydrogen (secondary N) is 1. The van der Waals surface area contributed by atoms with Crippen LogP contribution < -0.4 is 5.32 Å². The van der Waals surface area contributed by atoms with Crippen LogP contribution in [0.1, 0.15) is 21.7 Å². The summed E-state index contributed by atoms with van der Waals surface area (Å²) in [6, 6.07) is 1.68. The minimum Gasteiger partial charge on any atom is -0.453 e. The number of hydrogen-bond donors (Lipinski definition) is 2. The minimum atomic E-state index is -0.486. The number of methoxy groups -OCH3 is 1. The minimum absolute atomic E-state index is 0.0895. The normalized spacial score (nSPS) is 17.0. The van der Waals surface area contributed by atoms with Crippen LogP contribution in [0.2, 0.25) is 0 Å². The maximum Gasteiger partial charge on any atom is 0.407 e. The third-order valence-electron chi connectivity index (χ3n) is 3.14. The van der Waals surface area contributed by atoms with Crippen molar-refractivity contribution in [3.8, 4) is 11.8 Å². The van der Waals surface area contributed by atoms with Gasteiger partial charge < -0.3 is 20.1 Å². The number of ether oxygens (including phenoxy) is 1. The van der Waals surface area contributed by atoms with E-state index >= 15 is 0 Å². The van der Waals surface area contributed by atoms with Gasteiger partial charge in [-0.1, -0.05) is 11.8 Å². The largest absolute Gasteiger partial charge is 0.453 e. The summed E-state index contributed by atoms with van der Waals surface area (Å²) in [4.78, 5) is 25.9. The molecule has 0 spiro atoms. The van der Waals surface area contributed by atoms with Gasteiger partial charge in [-0.05, 0) is 17.9 Å². The fourth-order valence-electron chi connectivity index (χ4n) is 2.14. The van der Waals surface area contributed by atoms with Gasteiger partial charge in [-0.25, -0.2) is 4.79 Å². The van der Waals surface area contributed by atoms with Gasteiger partial charge in [-0.3, -0.25) is 4.79 Å². The van der Waals surface area contributed by atoms with E-state index in [0.29, 0.717) is 30.0 Å². The lowest BCUT2D eigenvalue weighted by Gasteiger charge is -2.16. The molecule has 1 unspecified atom stereocenters. The summed E-state index contributed by atoms with van der Waals surface area (Å²) >= 11 is 1.33. The van der Waals surface area contributed by atoms with Crippen LogP contribution in [0.15, 0.2) is 11.4 Å². The highest BCUT2D eigenvalue weighted by molar-refractivity contribution is 7.12. The third kappa shape index (κ3) is 3.74. The lowest BCUT2D eigenvalue weighted by molar-refractivity contribution is 0.0792. The van der Waals surface area contributed by atoms with Crippen molar-refractivity contribution in [3.05, 3.63) is 21.9 Å². The van der Waals surface area contributed by atoms with Crippen LogP contribution in [0.25, 0.3) is 0 Å². The molecule has 7 heteroatoms. The van der Waals surface area contributed by atoms with E-state index in [2.05, 4.69) is 21.9 Å². The first-order valence-electron chi connectivity index (χ1n) is 6.46. The van der Waals surface area contributed by atoms with Crippen molar-refractivity contribution >= 4 is 23.3 Å².